The van der Waals surface area contributed by atoms with E-state index >= 15 is 0 Å². The van der Waals surface area contributed by atoms with Gasteiger partial charge in [0.2, 0.25) is 0 Å². The SMILES string of the molecule is N[C@@H]1COc2cc(O)c(CO)cc21. The third-order valence-electron chi connectivity index (χ3n) is 2.20. The lowest BCUT2D eigenvalue weighted by atomic mass is 10.1. The number of benzene rings is 1. The van der Waals surface area contributed by atoms with E-state index in [2.05, 4.69) is 0 Å². The average Bonchev–Trinajstić information content (AvgIpc) is 2.46. The highest BCUT2D eigenvalue weighted by atomic mass is 16.5. The van der Waals surface area contributed by atoms with Gasteiger partial charge in [-0.25, -0.2) is 0 Å². The Hall–Kier alpha value is -1.26. The van der Waals surface area contributed by atoms with Gasteiger partial charge in [0.1, 0.15) is 18.1 Å². The first kappa shape index (κ1) is 8.34. The van der Waals surface area contributed by atoms with Crippen LogP contribution in [0.25, 0.3) is 0 Å². The van der Waals surface area contributed by atoms with Crippen LogP contribution in [0.15, 0.2) is 12.1 Å². The molecule has 0 aliphatic carbocycles. The molecule has 2 rings (SSSR count). The van der Waals surface area contributed by atoms with E-state index in [9.17, 15) is 5.11 Å². The molecule has 4 N–H and O–H groups in total. The number of aliphatic hydroxyl groups excluding tert-OH is 1. The van der Waals surface area contributed by atoms with Crippen molar-refractivity contribution in [3.8, 4) is 11.5 Å². The molecule has 4 nitrogen and oxygen atoms in total. The van der Waals surface area contributed by atoms with Crippen LogP contribution in [0, 0.1) is 0 Å². The topological polar surface area (TPSA) is 75.7 Å². The molecule has 70 valence electrons. The summed E-state index contributed by atoms with van der Waals surface area (Å²) in [7, 11) is 0. The first-order valence-electron chi connectivity index (χ1n) is 4.07. The highest BCUT2D eigenvalue weighted by molar-refractivity contribution is 5.48. The molecule has 13 heavy (non-hydrogen) atoms. The summed E-state index contributed by atoms with van der Waals surface area (Å²) in [6, 6.07) is 3.02. The molecule has 1 atom stereocenters. The normalized spacial score (nSPS) is 19.7. The van der Waals surface area contributed by atoms with Crippen LogP contribution >= 0.6 is 0 Å². The Bertz CT molecular complexity index is 338. The molecule has 0 aromatic heterocycles. The van der Waals surface area contributed by atoms with Crippen molar-refractivity contribution < 1.29 is 14.9 Å². The fourth-order valence-corrected chi connectivity index (χ4v) is 1.44. The molecule has 0 spiro atoms. The number of ether oxygens (including phenoxy) is 1. The smallest absolute Gasteiger partial charge is 0.128 e. The van der Waals surface area contributed by atoms with Gasteiger partial charge in [-0.3, -0.25) is 0 Å². The Morgan fingerprint density at radius 3 is 3.00 bits per heavy atom. The highest BCUT2D eigenvalue weighted by Gasteiger charge is 2.22. The molecule has 1 aliphatic rings. The van der Waals surface area contributed by atoms with E-state index < -0.39 is 0 Å². The molecular formula is C9H11NO3. The maximum Gasteiger partial charge on any atom is 0.128 e. The molecule has 0 bridgehead atoms. The van der Waals surface area contributed by atoms with Crippen LogP contribution in [0.5, 0.6) is 11.5 Å². The molecule has 0 radical (unpaired) electrons. The number of aliphatic hydroxyl groups is 1. The van der Waals surface area contributed by atoms with Crippen LogP contribution < -0.4 is 10.5 Å². The Morgan fingerprint density at radius 1 is 1.54 bits per heavy atom. The van der Waals surface area contributed by atoms with E-state index in [0.717, 1.165) is 5.56 Å². The van der Waals surface area contributed by atoms with Crippen molar-refractivity contribution in [3.63, 3.8) is 0 Å². The van der Waals surface area contributed by atoms with Gasteiger partial charge in [-0.2, -0.15) is 0 Å². The van der Waals surface area contributed by atoms with Crippen molar-refractivity contribution >= 4 is 0 Å². The molecular weight excluding hydrogens is 170 g/mol. The summed E-state index contributed by atoms with van der Waals surface area (Å²) >= 11 is 0. The Balaban J connectivity index is 2.51. The van der Waals surface area contributed by atoms with E-state index in [4.69, 9.17) is 15.6 Å². The number of nitrogens with two attached hydrogens (primary N) is 1. The summed E-state index contributed by atoms with van der Waals surface area (Å²) in [4.78, 5) is 0. The van der Waals surface area contributed by atoms with E-state index in [1.165, 1.54) is 6.07 Å². The predicted molar refractivity (Wildman–Crippen MR) is 46.5 cm³/mol. The number of aromatic hydroxyl groups is 1. The Labute approximate surface area is 75.6 Å². The number of hydrogen-bond acceptors (Lipinski definition) is 4. The fourth-order valence-electron chi connectivity index (χ4n) is 1.44. The van der Waals surface area contributed by atoms with Crippen LogP contribution in [-0.4, -0.2) is 16.8 Å². The lowest BCUT2D eigenvalue weighted by molar-refractivity contribution is 0.275. The summed E-state index contributed by atoms with van der Waals surface area (Å²) < 4.78 is 5.22. The third-order valence-corrected chi connectivity index (χ3v) is 2.20. The van der Waals surface area contributed by atoms with Crippen LogP contribution in [0.4, 0.5) is 0 Å². The summed E-state index contributed by atoms with van der Waals surface area (Å²) in [5.41, 5.74) is 7.07. The van der Waals surface area contributed by atoms with Gasteiger partial charge in [0.05, 0.1) is 12.6 Å². The van der Waals surface area contributed by atoms with Gasteiger partial charge in [0.15, 0.2) is 0 Å². The van der Waals surface area contributed by atoms with Crippen molar-refractivity contribution in [1.29, 1.82) is 0 Å². The van der Waals surface area contributed by atoms with E-state index in [1.54, 1.807) is 6.07 Å². The molecule has 0 unspecified atom stereocenters. The highest BCUT2D eigenvalue weighted by Crippen LogP contribution is 2.35. The van der Waals surface area contributed by atoms with Gasteiger partial charge >= 0.3 is 0 Å². The minimum absolute atomic E-state index is 0.0513. The fraction of sp³-hybridized carbons (Fsp3) is 0.333. The van der Waals surface area contributed by atoms with Crippen molar-refractivity contribution in [1.82, 2.24) is 0 Å². The van der Waals surface area contributed by atoms with Gasteiger partial charge in [-0.05, 0) is 6.07 Å². The van der Waals surface area contributed by atoms with Gasteiger partial charge in [0, 0.05) is 17.2 Å². The molecule has 1 aromatic carbocycles. The molecule has 0 fully saturated rings. The molecule has 0 saturated heterocycles. The summed E-state index contributed by atoms with van der Waals surface area (Å²) in [6.45, 7) is 0.246. The summed E-state index contributed by atoms with van der Waals surface area (Å²) in [6.07, 6.45) is 0. The second-order valence-electron chi connectivity index (χ2n) is 3.09. The standard InChI is InChI=1S/C9H11NO3/c10-7-4-13-9-2-8(12)5(3-11)1-6(7)9/h1-2,7,11-12H,3-4,10H2/t7-/m1/s1. The Morgan fingerprint density at radius 2 is 2.31 bits per heavy atom. The largest absolute Gasteiger partial charge is 0.507 e. The maximum atomic E-state index is 9.38. The lowest BCUT2D eigenvalue weighted by Gasteiger charge is -2.05. The third kappa shape index (κ3) is 1.24. The molecule has 1 aromatic rings. The van der Waals surface area contributed by atoms with Crippen molar-refractivity contribution in [2.24, 2.45) is 5.73 Å². The minimum atomic E-state index is -0.189. The van der Waals surface area contributed by atoms with Gasteiger partial charge < -0.3 is 20.7 Å². The number of fused-ring (bicyclic) bond motifs is 1. The van der Waals surface area contributed by atoms with E-state index in [-0.39, 0.29) is 18.4 Å². The second kappa shape index (κ2) is 2.90. The average molecular weight is 181 g/mol. The monoisotopic (exact) mass is 181 g/mol. The van der Waals surface area contributed by atoms with Crippen molar-refractivity contribution in [2.75, 3.05) is 6.61 Å². The molecule has 0 saturated carbocycles. The zero-order chi connectivity index (χ0) is 9.42. The molecule has 1 aliphatic heterocycles. The molecule has 1 heterocycles. The first-order valence-corrected chi connectivity index (χ1v) is 4.07. The zero-order valence-electron chi connectivity index (χ0n) is 7.03. The van der Waals surface area contributed by atoms with Crippen LogP contribution in [0.2, 0.25) is 0 Å². The lowest BCUT2D eigenvalue weighted by Crippen LogP contribution is -2.10. The second-order valence-corrected chi connectivity index (χ2v) is 3.09. The van der Waals surface area contributed by atoms with Crippen LogP contribution in [0.3, 0.4) is 0 Å². The number of phenols is 1. The van der Waals surface area contributed by atoms with Crippen molar-refractivity contribution in [2.45, 2.75) is 12.6 Å². The van der Waals surface area contributed by atoms with Gasteiger partial charge in [0.25, 0.3) is 0 Å². The van der Waals surface area contributed by atoms with Crippen LogP contribution in [0.1, 0.15) is 17.2 Å². The van der Waals surface area contributed by atoms with E-state index in [1.807, 2.05) is 0 Å². The van der Waals surface area contributed by atoms with Crippen LogP contribution in [-0.2, 0) is 6.61 Å². The summed E-state index contributed by atoms with van der Waals surface area (Å²) in [5.74, 6) is 0.664. The Kier molecular flexibility index (Phi) is 1.86. The molecule has 0 amide bonds. The maximum absolute atomic E-state index is 9.38. The first-order chi connectivity index (χ1) is 6.22. The number of rotatable bonds is 1. The summed E-state index contributed by atoms with van der Waals surface area (Å²) in [5, 5.41) is 18.3. The predicted octanol–water partition coefficient (Wildman–Crippen LogP) is 0.277. The van der Waals surface area contributed by atoms with Gasteiger partial charge in [-0.15, -0.1) is 0 Å². The van der Waals surface area contributed by atoms with Crippen molar-refractivity contribution in [3.05, 3.63) is 23.3 Å². The van der Waals surface area contributed by atoms with E-state index in [0.29, 0.717) is 17.9 Å². The quantitative estimate of drug-likeness (QED) is 0.581. The minimum Gasteiger partial charge on any atom is -0.507 e. The zero-order valence-corrected chi connectivity index (χ0v) is 7.03. The number of hydrogen-bond donors (Lipinski definition) is 3. The molecule has 4 heteroatoms. The van der Waals surface area contributed by atoms with Gasteiger partial charge in [-0.1, -0.05) is 0 Å².